The summed E-state index contributed by atoms with van der Waals surface area (Å²) in [7, 11) is -3.08. The molecule has 0 saturated heterocycles. The van der Waals surface area contributed by atoms with Gasteiger partial charge < -0.3 is 5.32 Å². The number of rotatable bonds is 8. The highest BCUT2D eigenvalue weighted by Gasteiger charge is 2.33. The number of alkyl halides is 3. The van der Waals surface area contributed by atoms with Gasteiger partial charge in [-0.05, 0) is 35.5 Å². The van der Waals surface area contributed by atoms with Crippen LogP contribution in [-0.4, -0.2) is 49.5 Å². The van der Waals surface area contributed by atoms with Crippen LogP contribution in [0.5, 0.6) is 0 Å². The summed E-state index contributed by atoms with van der Waals surface area (Å²) in [6, 6.07) is 11.2. The van der Waals surface area contributed by atoms with E-state index in [1.807, 2.05) is 0 Å². The van der Waals surface area contributed by atoms with Crippen LogP contribution < -0.4 is 5.32 Å². The Bertz CT molecular complexity index is 1120. The molecule has 0 saturated carbocycles. The number of amides is 2. The molecule has 0 aliphatic carbocycles. The highest BCUT2D eigenvalue weighted by Crippen LogP contribution is 2.38. The lowest BCUT2D eigenvalue weighted by Gasteiger charge is -2.20. The third kappa shape index (κ3) is 7.58. The minimum absolute atomic E-state index is 0.0935. The van der Waals surface area contributed by atoms with Gasteiger partial charge in [-0.25, -0.2) is 8.42 Å². The van der Waals surface area contributed by atoms with Crippen LogP contribution in [0, 0.1) is 11.5 Å². The van der Waals surface area contributed by atoms with Gasteiger partial charge in [0, 0.05) is 17.5 Å². The van der Waals surface area contributed by atoms with Gasteiger partial charge in [0.25, 0.3) is 11.8 Å². The van der Waals surface area contributed by atoms with E-state index in [0.29, 0.717) is 4.90 Å². The van der Waals surface area contributed by atoms with Crippen LogP contribution >= 0.6 is 11.8 Å². The van der Waals surface area contributed by atoms with Crippen molar-refractivity contribution in [2.24, 2.45) is 0 Å². The molecule has 1 atom stereocenters. The van der Waals surface area contributed by atoms with Crippen LogP contribution in [0.25, 0.3) is 0 Å². The van der Waals surface area contributed by atoms with Crippen molar-refractivity contribution in [2.45, 2.75) is 22.2 Å². The van der Waals surface area contributed by atoms with E-state index in [4.69, 9.17) is 5.26 Å². The zero-order valence-corrected chi connectivity index (χ0v) is 18.3. The van der Waals surface area contributed by atoms with Gasteiger partial charge in [-0.1, -0.05) is 36.4 Å². The Hall–Kier alpha value is -3.04. The first-order valence-electron chi connectivity index (χ1n) is 8.99. The highest BCUT2D eigenvalue weighted by atomic mass is 32.2. The van der Waals surface area contributed by atoms with E-state index < -0.39 is 56.5 Å². The van der Waals surface area contributed by atoms with Crippen molar-refractivity contribution < 1.29 is 31.2 Å². The number of nitrogens with one attached hydrogen (secondary N) is 1. The zero-order valence-electron chi connectivity index (χ0n) is 16.7. The second kappa shape index (κ2) is 10.5. The van der Waals surface area contributed by atoms with Gasteiger partial charge in [-0.3, -0.25) is 14.5 Å². The van der Waals surface area contributed by atoms with Crippen molar-refractivity contribution in [3.63, 3.8) is 0 Å². The number of carbonyl (C=O) groups excluding carboxylic acids is 2. The SMILES string of the molecule is CN(C#N)C(=O)[C@H](CS(=O)(=O)Cc1ccccc1SC(F)(F)F)NC(=O)c1ccccc1. The second-order valence-corrected chi connectivity index (χ2v) is 9.82. The molecule has 170 valence electrons. The van der Waals surface area contributed by atoms with Crippen LogP contribution in [-0.2, 0) is 20.4 Å². The molecular formula is C20H18F3N3O4S2. The van der Waals surface area contributed by atoms with Crippen molar-refractivity contribution in [3.8, 4) is 6.19 Å². The fourth-order valence-electron chi connectivity index (χ4n) is 2.69. The number of nitrogens with zero attached hydrogens (tertiary/aromatic N) is 2. The largest absolute Gasteiger partial charge is 0.446 e. The predicted molar refractivity (Wildman–Crippen MR) is 112 cm³/mol. The van der Waals surface area contributed by atoms with Crippen molar-refractivity contribution in [3.05, 3.63) is 65.7 Å². The molecule has 0 unspecified atom stereocenters. The Morgan fingerprint density at radius 1 is 1.12 bits per heavy atom. The first kappa shape index (κ1) is 25.2. The Kier molecular flexibility index (Phi) is 8.29. The Morgan fingerprint density at radius 3 is 2.31 bits per heavy atom. The Morgan fingerprint density at radius 2 is 1.72 bits per heavy atom. The molecule has 0 aromatic heterocycles. The smallest absolute Gasteiger partial charge is 0.339 e. The summed E-state index contributed by atoms with van der Waals surface area (Å²) < 4.78 is 63.9. The van der Waals surface area contributed by atoms with E-state index in [9.17, 15) is 31.2 Å². The lowest BCUT2D eigenvalue weighted by Crippen LogP contribution is -2.50. The number of hydrogen-bond donors (Lipinski definition) is 1. The van der Waals surface area contributed by atoms with E-state index >= 15 is 0 Å². The number of likely N-dealkylation sites (N-methyl/N-ethyl adjacent to an activating group) is 1. The number of sulfone groups is 1. The number of hydrogen-bond acceptors (Lipinski definition) is 6. The molecule has 2 aromatic rings. The molecule has 0 radical (unpaired) electrons. The van der Waals surface area contributed by atoms with Crippen LogP contribution in [0.4, 0.5) is 13.2 Å². The predicted octanol–water partition coefficient (Wildman–Crippen LogP) is 2.95. The van der Waals surface area contributed by atoms with Crippen LogP contribution in [0.2, 0.25) is 0 Å². The zero-order chi connectivity index (χ0) is 23.9. The number of carbonyl (C=O) groups is 2. The van der Waals surface area contributed by atoms with Gasteiger partial charge in [-0.2, -0.15) is 18.4 Å². The topological polar surface area (TPSA) is 107 Å². The van der Waals surface area contributed by atoms with Gasteiger partial charge in [0.1, 0.15) is 6.04 Å². The summed E-state index contributed by atoms with van der Waals surface area (Å²) in [6.07, 6.45) is 1.54. The summed E-state index contributed by atoms with van der Waals surface area (Å²) in [5.74, 6) is -3.40. The molecule has 2 aromatic carbocycles. The summed E-state index contributed by atoms with van der Waals surface area (Å²) in [5, 5.41) is 11.3. The summed E-state index contributed by atoms with van der Waals surface area (Å²) in [6.45, 7) is 0. The van der Waals surface area contributed by atoms with Gasteiger partial charge >= 0.3 is 5.51 Å². The molecular weight excluding hydrogens is 467 g/mol. The maximum absolute atomic E-state index is 12.8. The minimum Gasteiger partial charge on any atom is -0.339 e. The molecule has 7 nitrogen and oxygen atoms in total. The molecule has 12 heteroatoms. The summed E-state index contributed by atoms with van der Waals surface area (Å²) >= 11 is -0.443. The van der Waals surface area contributed by atoms with Crippen molar-refractivity contribution >= 4 is 33.4 Å². The maximum atomic E-state index is 12.8. The average Bonchev–Trinajstić information content (AvgIpc) is 2.72. The highest BCUT2D eigenvalue weighted by molar-refractivity contribution is 8.00. The normalized spacial score (nSPS) is 12.5. The standard InChI is InChI=1S/C20H18F3N3O4S2/c1-26(13-24)19(28)16(25-18(27)14-7-3-2-4-8-14)12-32(29,30)11-15-9-5-6-10-17(15)31-20(21,22)23/h2-10,16H,11-12H2,1H3,(H,25,27)/t16-/m0/s1. The number of halogens is 3. The quantitative estimate of drug-likeness (QED) is 0.350. The van der Waals surface area contributed by atoms with Crippen molar-refractivity contribution in [2.75, 3.05) is 12.8 Å². The molecule has 2 amide bonds. The van der Waals surface area contributed by atoms with Crippen molar-refractivity contribution in [1.29, 1.82) is 5.26 Å². The summed E-state index contributed by atoms with van der Waals surface area (Å²) in [4.78, 5) is 25.2. The number of nitriles is 1. The van der Waals surface area contributed by atoms with Crippen LogP contribution in [0.3, 0.4) is 0 Å². The van der Waals surface area contributed by atoms with E-state index in [1.54, 1.807) is 18.2 Å². The lowest BCUT2D eigenvalue weighted by atomic mass is 10.2. The van der Waals surface area contributed by atoms with E-state index in [-0.39, 0.29) is 16.0 Å². The molecule has 0 aliphatic rings. The molecule has 2 rings (SSSR count). The number of benzene rings is 2. The third-order valence-electron chi connectivity index (χ3n) is 4.11. The monoisotopic (exact) mass is 485 g/mol. The first-order valence-corrected chi connectivity index (χ1v) is 11.6. The fraction of sp³-hybridized carbons (Fsp3) is 0.250. The fourth-order valence-corrected chi connectivity index (χ4v) is 5.02. The average molecular weight is 486 g/mol. The minimum atomic E-state index is -4.61. The molecule has 0 heterocycles. The molecule has 1 N–H and O–H groups in total. The Labute approximate surface area is 187 Å². The van der Waals surface area contributed by atoms with E-state index in [2.05, 4.69) is 5.32 Å². The van der Waals surface area contributed by atoms with Crippen molar-refractivity contribution in [1.82, 2.24) is 10.2 Å². The first-order chi connectivity index (χ1) is 14.9. The lowest BCUT2D eigenvalue weighted by molar-refractivity contribution is -0.128. The molecule has 32 heavy (non-hydrogen) atoms. The second-order valence-electron chi connectivity index (χ2n) is 6.60. The van der Waals surface area contributed by atoms with Crippen LogP contribution in [0.1, 0.15) is 15.9 Å². The van der Waals surface area contributed by atoms with Gasteiger partial charge in [-0.15, -0.1) is 0 Å². The Balaban J connectivity index is 2.27. The van der Waals surface area contributed by atoms with E-state index in [0.717, 1.165) is 13.1 Å². The third-order valence-corrected chi connectivity index (χ3v) is 6.56. The number of thioether (sulfide) groups is 1. The van der Waals surface area contributed by atoms with Gasteiger partial charge in [0.15, 0.2) is 16.0 Å². The maximum Gasteiger partial charge on any atom is 0.446 e. The van der Waals surface area contributed by atoms with Crippen LogP contribution in [0.15, 0.2) is 59.5 Å². The molecule has 0 aliphatic heterocycles. The molecule has 0 fully saturated rings. The van der Waals surface area contributed by atoms with Gasteiger partial charge in [0.05, 0.1) is 11.5 Å². The van der Waals surface area contributed by atoms with E-state index in [1.165, 1.54) is 36.5 Å². The molecule has 0 bridgehead atoms. The molecule has 0 spiro atoms. The summed E-state index contributed by atoms with van der Waals surface area (Å²) in [5.41, 5.74) is -4.55. The van der Waals surface area contributed by atoms with Gasteiger partial charge in [0.2, 0.25) is 0 Å².